The SMILES string of the molecule is O=C(Nc1cccc(Br)c1)c1ccc([N+](=O)[O-])c(F)c1. The van der Waals surface area contributed by atoms with Gasteiger partial charge in [-0.25, -0.2) is 0 Å². The summed E-state index contributed by atoms with van der Waals surface area (Å²) in [6.07, 6.45) is 0. The lowest BCUT2D eigenvalue weighted by molar-refractivity contribution is -0.387. The maximum Gasteiger partial charge on any atom is 0.304 e. The van der Waals surface area contributed by atoms with E-state index in [1.165, 1.54) is 6.07 Å². The summed E-state index contributed by atoms with van der Waals surface area (Å²) >= 11 is 3.26. The molecule has 0 fully saturated rings. The van der Waals surface area contributed by atoms with Crippen LogP contribution in [0.5, 0.6) is 0 Å². The maximum absolute atomic E-state index is 13.4. The van der Waals surface area contributed by atoms with Crippen LogP contribution in [0, 0.1) is 15.9 Å². The van der Waals surface area contributed by atoms with Crippen molar-refractivity contribution in [3.63, 3.8) is 0 Å². The highest BCUT2D eigenvalue weighted by Crippen LogP contribution is 2.20. The zero-order chi connectivity index (χ0) is 14.7. The van der Waals surface area contributed by atoms with Crippen molar-refractivity contribution < 1.29 is 14.1 Å². The van der Waals surface area contributed by atoms with Crippen LogP contribution in [-0.2, 0) is 0 Å². The number of anilines is 1. The van der Waals surface area contributed by atoms with Gasteiger partial charge in [-0.2, -0.15) is 4.39 Å². The normalized spacial score (nSPS) is 10.1. The van der Waals surface area contributed by atoms with Gasteiger partial charge >= 0.3 is 5.69 Å². The van der Waals surface area contributed by atoms with Crippen molar-refractivity contribution in [2.75, 3.05) is 5.32 Å². The van der Waals surface area contributed by atoms with E-state index in [-0.39, 0.29) is 5.56 Å². The summed E-state index contributed by atoms with van der Waals surface area (Å²) in [5.74, 6) is -1.59. The highest BCUT2D eigenvalue weighted by molar-refractivity contribution is 9.10. The fourth-order valence-electron chi connectivity index (χ4n) is 1.57. The van der Waals surface area contributed by atoms with Crippen LogP contribution in [0.4, 0.5) is 15.8 Å². The Morgan fingerprint density at radius 1 is 1.25 bits per heavy atom. The highest BCUT2D eigenvalue weighted by atomic mass is 79.9. The number of hydrogen-bond acceptors (Lipinski definition) is 3. The average molecular weight is 339 g/mol. The zero-order valence-corrected chi connectivity index (χ0v) is 11.6. The number of hydrogen-bond donors (Lipinski definition) is 1. The zero-order valence-electron chi connectivity index (χ0n) is 9.97. The average Bonchev–Trinajstić information content (AvgIpc) is 2.38. The summed E-state index contributed by atoms with van der Waals surface area (Å²) in [5.41, 5.74) is -0.125. The molecule has 20 heavy (non-hydrogen) atoms. The van der Waals surface area contributed by atoms with Gasteiger partial charge in [0.1, 0.15) is 0 Å². The summed E-state index contributed by atoms with van der Waals surface area (Å²) in [6, 6.07) is 9.88. The Hall–Kier alpha value is -2.28. The second-order valence-electron chi connectivity index (χ2n) is 3.89. The standard InChI is InChI=1S/C13H8BrFN2O3/c14-9-2-1-3-10(7-9)16-13(18)8-4-5-12(17(19)20)11(15)6-8/h1-7H,(H,16,18). The van der Waals surface area contributed by atoms with Gasteiger partial charge in [-0.05, 0) is 30.3 Å². The van der Waals surface area contributed by atoms with E-state index in [4.69, 9.17) is 0 Å². The summed E-state index contributed by atoms with van der Waals surface area (Å²) in [6.45, 7) is 0. The highest BCUT2D eigenvalue weighted by Gasteiger charge is 2.16. The van der Waals surface area contributed by atoms with E-state index in [1.807, 2.05) is 0 Å². The minimum Gasteiger partial charge on any atom is -0.322 e. The first kappa shape index (κ1) is 14.1. The molecule has 2 aromatic rings. The Kier molecular flexibility index (Phi) is 4.09. The van der Waals surface area contributed by atoms with Gasteiger partial charge in [0.15, 0.2) is 0 Å². The second kappa shape index (κ2) is 5.79. The molecule has 7 heteroatoms. The summed E-state index contributed by atoms with van der Waals surface area (Å²) in [4.78, 5) is 21.5. The van der Waals surface area contributed by atoms with Gasteiger partial charge < -0.3 is 5.32 Å². The molecule has 0 aliphatic carbocycles. The molecular weight excluding hydrogens is 331 g/mol. The van der Waals surface area contributed by atoms with Crippen molar-refractivity contribution in [3.8, 4) is 0 Å². The van der Waals surface area contributed by atoms with Crippen LogP contribution in [0.1, 0.15) is 10.4 Å². The van der Waals surface area contributed by atoms with E-state index in [0.717, 1.165) is 16.6 Å². The Morgan fingerprint density at radius 3 is 2.60 bits per heavy atom. The minimum absolute atomic E-state index is 0.00748. The molecule has 0 aliphatic heterocycles. The number of carbonyl (C=O) groups excluding carboxylic acids is 1. The molecule has 0 unspecified atom stereocenters. The van der Waals surface area contributed by atoms with Crippen molar-refractivity contribution in [2.45, 2.75) is 0 Å². The molecule has 1 N–H and O–H groups in total. The molecule has 0 bridgehead atoms. The summed E-state index contributed by atoms with van der Waals surface area (Å²) in [5, 5.41) is 13.1. The van der Waals surface area contributed by atoms with Crippen LogP contribution in [0.15, 0.2) is 46.9 Å². The number of nitrogens with zero attached hydrogens (tertiary/aromatic N) is 1. The van der Waals surface area contributed by atoms with E-state index in [2.05, 4.69) is 21.2 Å². The topological polar surface area (TPSA) is 72.2 Å². The molecule has 0 radical (unpaired) electrons. The van der Waals surface area contributed by atoms with E-state index in [0.29, 0.717) is 5.69 Å². The Bertz CT molecular complexity index is 691. The second-order valence-corrected chi connectivity index (χ2v) is 4.80. The number of nitro benzene ring substituents is 1. The quantitative estimate of drug-likeness (QED) is 0.684. The molecule has 2 aromatic carbocycles. The lowest BCUT2D eigenvalue weighted by Crippen LogP contribution is -2.12. The first-order chi connectivity index (χ1) is 9.47. The molecule has 102 valence electrons. The molecule has 0 spiro atoms. The van der Waals surface area contributed by atoms with Gasteiger partial charge in [0.25, 0.3) is 5.91 Å². The fourth-order valence-corrected chi connectivity index (χ4v) is 1.96. The molecule has 0 aliphatic rings. The molecule has 1 amide bonds. The van der Waals surface area contributed by atoms with Gasteiger partial charge in [0.05, 0.1) is 4.92 Å². The van der Waals surface area contributed by atoms with Crippen molar-refractivity contribution in [1.29, 1.82) is 0 Å². The van der Waals surface area contributed by atoms with Crippen LogP contribution >= 0.6 is 15.9 Å². The predicted octanol–water partition coefficient (Wildman–Crippen LogP) is 3.75. The lowest BCUT2D eigenvalue weighted by Gasteiger charge is -2.05. The lowest BCUT2D eigenvalue weighted by atomic mass is 10.2. The van der Waals surface area contributed by atoms with Crippen molar-refractivity contribution in [1.82, 2.24) is 0 Å². The van der Waals surface area contributed by atoms with Crippen LogP contribution < -0.4 is 5.32 Å². The van der Waals surface area contributed by atoms with Gasteiger partial charge in [0, 0.05) is 21.8 Å². The molecule has 2 rings (SSSR count). The van der Waals surface area contributed by atoms with Crippen molar-refractivity contribution >= 4 is 33.2 Å². The van der Waals surface area contributed by atoms with Crippen LogP contribution in [-0.4, -0.2) is 10.8 Å². The summed E-state index contributed by atoms with van der Waals surface area (Å²) < 4.78 is 14.2. The van der Waals surface area contributed by atoms with Gasteiger partial charge in [-0.1, -0.05) is 22.0 Å². The molecule has 0 atom stereocenters. The monoisotopic (exact) mass is 338 g/mol. The van der Waals surface area contributed by atoms with E-state index >= 15 is 0 Å². The third kappa shape index (κ3) is 3.18. The predicted molar refractivity (Wildman–Crippen MR) is 75.1 cm³/mol. The minimum atomic E-state index is -1.04. The van der Waals surface area contributed by atoms with Crippen LogP contribution in [0.2, 0.25) is 0 Å². The Labute approximate surface area is 121 Å². The van der Waals surface area contributed by atoms with Gasteiger partial charge in [-0.3, -0.25) is 14.9 Å². The molecular formula is C13H8BrFN2O3. The molecule has 0 saturated heterocycles. The fraction of sp³-hybridized carbons (Fsp3) is 0. The number of nitro groups is 1. The first-order valence-corrected chi connectivity index (χ1v) is 6.27. The Balaban J connectivity index is 2.22. The summed E-state index contributed by atoms with van der Waals surface area (Å²) in [7, 11) is 0. The van der Waals surface area contributed by atoms with E-state index < -0.39 is 22.3 Å². The van der Waals surface area contributed by atoms with Gasteiger partial charge in [-0.15, -0.1) is 0 Å². The molecule has 0 aromatic heterocycles. The smallest absolute Gasteiger partial charge is 0.304 e. The third-order valence-electron chi connectivity index (χ3n) is 2.49. The first-order valence-electron chi connectivity index (χ1n) is 5.48. The Morgan fingerprint density at radius 2 is 2.00 bits per heavy atom. The number of benzene rings is 2. The number of halogens is 2. The van der Waals surface area contributed by atoms with E-state index in [9.17, 15) is 19.3 Å². The van der Waals surface area contributed by atoms with Crippen LogP contribution in [0.3, 0.4) is 0 Å². The van der Waals surface area contributed by atoms with Gasteiger partial charge in [0.2, 0.25) is 5.82 Å². The number of carbonyl (C=O) groups is 1. The molecule has 0 saturated carbocycles. The largest absolute Gasteiger partial charge is 0.322 e. The van der Waals surface area contributed by atoms with E-state index in [1.54, 1.807) is 24.3 Å². The maximum atomic E-state index is 13.4. The number of rotatable bonds is 3. The number of nitrogens with one attached hydrogen (secondary N) is 1. The molecule has 5 nitrogen and oxygen atoms in total. The van der Waals surface area contributed by atoms with Crippen molar-refractivity contribution in [3.05, 3.63) is 68.4 Å². The third-order valence-corrected chi connectivity index (χ3v) is 2.98. The molecule has 0 heterocycles. The van der Waals surface area contributed by atoms with Crippen molar-refractivity contribution in [2.24, 2.45) is 0 Å². The number of amides is 1. The van der Waals surface area contributed by atoms with Crippen LogP contribution in [0.25, 0.3) is 0 Å².